The molecule has 2 rings (SSSR count). The molecule has 112 valence electrons. The van der Waals surface area contributed by atoms with Crippen LogP contribution < -0.4 is 10.6 Å². The second-order valence-corrected chi connectivity index (χ2v) is 5.58. The Balaban J connectivity index is 0.00000180. The summed E-state index contributed by atoms with van der Waals surface area (Å²) < 4.78 is 5.48. The van der Waals surface area contributed by atoms with Gasteiger partial charge in [-0.15, -0.1) is 24.0 Å². The van der Waals surface area contributed by atoms with Gasteiger partial charge in [0.1, 0.15) is 0 Å². The molecule has 0 atom stereocenters. The van der Waals surface area contributed by atoms with Crippen molar-refractivity contribution in [3.63, 3.8) is 0 Å². The number of nitrogens with zero attached hydrogens (tertiary/aromatic N) is 2. The lowest BCUT2D eigenvalue weighted by Crippen LogP contribution is -2.57. The summed E-state index contributed by atoms with van der Waals surface area (Å²) in [6, 6.07) is 0.640. The first kappa shape index (κ1) is 17.0. The molecule has 1 aliphatic heterocycles. The maximum Gasteiger partial charge on any atom is 0.191 e. The van der Waals surface area contributed by atoms with E-state index in [1.165, 1.54) is 12.8 Å². The Bertz CT molecular complexity index is 299. The van der Waals surface area contributed by atoms with Gasteiger partial charge in [-0.2, -0.15) is 0 Å². The fourth-order valence-electron chi connectivity index (χ4n) is 2.40. The van der Waals surface area contributed by atoms with Crippen LogP contribution in [0.1, 0.15) is 25.7 Å². The van der Waals surface area contributed by atoms with E-state index in [9.17, 15) is 0 Å². The van der Waals surface area contributed by atoms with Crippen molar-refractivity contribution in [1.29, 1.82) is 0 Å². The minimum atomic E-state index is 0. The van der Waals surface area contributed by atoms with Crippen LogP contribution in [0.4, 0.5) is 0 Å². The van der Waals surface area contributed by atoms with Gasteiger partial charge in [-0.05, 0) is 39.8 Å². The molecule has 1 aliphatic carbocycles. The van der Waals surface area contributed by atoms with E-state index >= 15 is 0 Å². The number of halogens is 1. The van der Waals surface area contributed by atoms with Crippen LogP contribution in [-0.4, -0.2) is 63.3 Å². The Morgan fingerprint density at radius 3 is 2.42 bits per heavy atom. The molecule has 19 heavy (non-hydrogen) atoms. The van der Waals surface area contributed by atoms with Gasteiger partial charge in [-0.3, -0.25) is 4.99 Å². The molecule has 0 aromatic heterocycles. The highest BCUT2D eigenvalue weighted by Crippen LogP contribution is 2.25. The number of ether oxygens (including phenoxy) is 1. The van der Waals surface area contributed by atoms with Crippen molar-refractivity contribution in [3.05, 3.63) is 0 Å². The molecule has 2 aliphatic rings. The van der Waals surface area contributed by atoms with Gasteiger partial charge in [0.2, 0.25) is 0 Å². The van der Waals surface area contributed by atoms with Crippen molar-refractivity contribution in [2.45, 2.75) is 37.3 Å². The van der Waals surface area contributed by atoms with Gasteiger partial charge in [0.25, 0.3) is 0 Å². The first-order chi connectivity index (χ1) is 8.66. The van der Waals surface area contributed by atoms with E-state index in [-0.39, 0.29) is 29.5 Å². The molecule has 0 aromatic rings. The summed E-state index contributed by atoms with van der Waals surface area (Å²) >= 11 is 0. The van der Waals surface area contributed by atoms with Crippen molar-refractivity contribution in [3.8, 4) is 0 Å². The van der Waals surface area contributed by atoms with Crippen LogP contribution in [0.2, 0.25) is 0 Å². The molecule has 2 N–H and O–H groups in total. The Morgan fingerprint density at radius 1 is 1.32 bits per heavy atom. The normalized spacial score (nSPS) is 22.8. The summed E-state index contributed by atoms with van der Waals surface area (Å²) in [6.07, 6.45) is 4.70. The molecule has 0 radical (unpaired) electrons. The number of nitrogens with one attached hydrogen (secondary N) is 2. The molecule has 0 aromatic carbocycles. The topological polar surface area (TPSA) is 48.9 Å². The van der Waals surface area contributed by atoms with E-state index in [0.29, 0.717) is 6.04 Å². The average Bonchev–Trinajstić information content (AvgIpc) is 3.19. The summed E-state index contributed by atoms with van der Waals surface area (Å²) in [6.45, 7) is 2.64. The van der Waals surface area contributed by atoms with Crippen molar-refractivity contribution < 1.29 is 4.74 Å². The van der Waals surface area contributed by atoms with E-state index in [4.69, 9.17) is 4.74 Å². The summed E-state index contributed by atoms with van der Waals surface area (Å²) in [5.74, 6) is 0.935. The van der Waals surface area contributed by atoms with Gasteiger partial charge in [-0.1, -0.05) is 0 Å². The zero-order chi connectivity index (χ0) is 13.0. The largest absolute Gasteiger partial charge is 0.381 e. The fraction of sp³-hybridized carbons (Fsp3) is 0.923. The second-order valence-electron chi connectivity index (χ2n) is 5.58. The Labute approximate surface area is 133 Å². The van der Waals surface area contributed by atoms with Crippen molar-refractivity contribution in [2.24, 2.45) is 4.99 Å². The predicted octanol–water partition coefficient (Wildman–Crippen LogP) is 1.04. The molecule has 1 heterocycles. The van der Waals surface area contributed by atoms with Gasteiger partial charge < -0.3 is 20.3 Å². The summed E-state index contributed by atoms with van der Waals surface area (Å²) in [4.78, 5) is 6.61. The van der Waals surface area contributed by atoms with Crippen molar-refractivity contribution in [1.82, 2.24) is 15.5 Å². The third-order valence-electron chi connectivity index (χ3n) is 4.10. The van der Waals surface area contributed by atoms with Crippen molar-refractivity contribution >= 4 is 29.9 Å². The van der Waals surface area contributed by atoms with Gasteiger partial charge in [-0.25, -0.2) is 0 Å². The number of likely N-dealkylation sites (N-methyl/N-ethyl adjacent to an activating group) is 1. The number of hydrogen-bond donors (Lipinski definition) is 2. The van der Waals surface area contributed by atoms with E-state index in [0.717, 1.165) is 38.6 Å². The van der Waals surface area contributed by atoms with Crippen LogP contribution in [0, 0.1) is 0 Å². The molecule has 6 heteroatoms. The number of hydrogen-bond acceptors (Lipinski definition) is 3. The molecule has 0 unspecified atom stereocenters. The first-order valence-electron chi connectivity index (χ1n) is 6.89. The second kappa shape index (κ2) is 7.64. The minimum Gasteiger partial charge on any atom is -0.381 e. The van der Waals surface area contributed by atoms with Gasteiger partial charge in [0.15, 0.2) is 5.96 Å². The van der Waals surface area contributed by atoms with E-state index in [1.807, 2.05) is 7.05 Å². The zero-order valence-electron chi connectivity index (χ0n) is 12.2. The summed E-state index contributed by atoms with van der Waals surface area (Å²) in [5, 5.41) is 6.90. The number of aliphatic imine (C=N–C) groups is 1. The lowest BCUT2D eigenvalue weighted by Gasteiger charge is -2.43. The zero-order valence-corrected chi connectivity index (χ0v) is 14.6. The molecule has 5 nitrogen and oxygen atoms in total. The molecular formula is C13H27IN4O. The van der Waals surface area contributed by atoms with E-state index < -0.39 is 0 Å². The van der Waals surface area contributed by atoms with Gasteiger partial charge in [0.05, 0.1) is 0 Å². The standard InChI is InChI=1S/C13H26N4O.HI/c1-14-12(16-11-4-5-11)15-10-13(17(2)3)6-8-18-9-7-13;/h11H,4-10H2,1-3H3,(H2,14,15,16);1H. The summed E-state index contributed by atoms with van der Waals surface area (Å²) in [5.41, 5.74) is 0.194. The fourth-order valence-corrected chi connectivity index (χ4v) is 2.40. The lowest BCUT2D eigenvalue weighted by molar-refractivity contribution is -0.00501. The third-order valence-corrected chi connectivity index (χ3v) is 4.10. The monoisotopic (exact) mass is 382 g/mol. The van der Waals surface area contributed by atoms with Crippen LogP contribution in [0.3, 0.4) is 0 Å². The molecule has 1 saturated heterocycles. The van der Waals surface area contributed by atoms with E-state index in [1.54, 1.807) is 0 Å². The van der Waals surface area contributed by atoms with Crippen molar-refractivity contribution in [2.75, 3.05) is 40.9 Å². The molecule has 1 saturated carbocycles. The predicted molar refractivity (Wildman–Crippen MR) is 89.4 cm³/mol. The lowest BCUT2D eigenvalue weighted by atomic mass is 9.88. The molecule has 2 fully saturated rings. The molecule has 0 bridgehead atoms. The SMILES string of the molecule is CN=C(NCC1(N(C)C)CCOCC1)NC1CC1.I. The smallest absolute Gasteiger partial charge is 0.191 e. The van der Waals surface area contributed by atoms with E-state index in [2.05, 4.69) is 34.6 Å². The highest BCUT2D eigenvalue weighted by Gasteiger charge is 2.35. The number of rotatable bonds is 4. The highest BCUT2D eigenvalue weighted by molar-refractivity contribution is 14.0. The molecular weight excluding hydrogens is 355 g/mol. The molecule has 0 spiro atoms. The Hall–Kier alpha value is -0.0800. The maximum atomic E-state index is 5.48. The average molecular weight is 382 g/mol. The Morgan fingerprint density at radius 2 is 1.95 bits per heavy atom. The quantitative estimate of drug-likeness (QED) is 0.434. The Kier molecular flexibility index (Phi) is 6.82. The summed E-state index contributed by atoms with van der Waals surface area (Å²) in [7, 11) is 6.15. The minimum absolute atomic E-state index is 0. The highest BCUT2D eigenvalue weighted by atomic mass is 127. The van der Waals surface area contributed by atoms with Gasteiger partial charge >= 0.3 is 0 Å². The van der Waals surface area contributed by atoms with Crippen LogP contribution in [0.5, 0.6) is 0 Å². The van der Waals surface area contributed by atoms with Crippen LogP contribution in [-0.2, 0) is 4.74 Å². The van der Waals surface area contributed by atoms with Crippen LogP contribution in [0.25, 0.3) is 0 Å². The van der Waals surface area contributed by atoms with Crippen LogP contribution in [0.15, 0.2) is 4.99 Å². The molecule has 0 amide bonds. The maximum absolute atomic E-state index is 5.48. The third kappa shape index (κ3) is 4.75. The first-order valence-corrected chi connectivity index (χ1v) is 6.89. The van der Waals surface area contributed by atoms with Crippen LogP contribution >= 0.6 is 24.0 Å². The number of guanidine groups is 1. The van der Waals surface area contributed by atoms with Gasteiger partial charge in [0, 0.05) is 38.4 Å².